The van der Waals surface area contributed by atoms with Crippen molar-refractivity contribution in [2.24, 2.45) is 16.8 Å². The average molecular weight is 339 g/mol. The van der Waals surface area contributed by atoms with Crippen molar-refractivity contribution >= 4 is 23.6 Å². The standard InChI is InChI=1S/C17H30N4OS/c1-4-8-23-9-7-18-17(19-12-16(22)21(2)3)20-15-11-13-5-6-14(15)10-13/h4,13-15H,1,5-12H2,2-3H3,(H2,18,19,20). The number of carbonyl (C=O) groups excluding carboxylic acids is 1. The predicted octanol–water partition coefficient (Wildman–Crippen LogP) is 1.72. The fourth-order valence-electron chi connectivity index (χ4n) is 3.45. The predicted molar refractivity (Wildman–Crippen MR) is 98.9 cm³/mol. The number of likely N-dealkylation sites (N-methyl/N-ethyl adjacent to an activating group) is 1. The number of thioether (sulfide) groups is 1. The highest BCUT2D eigenvalue weighted by Gasteiger charge is 2.39. The number of guanidine groups is 1. The monoisotopic (exact) mass is 338 g/mol. The number of hydrogen-bond acceptors (Lipinski definition) is 3. The van der Waals surface area contributed by atoms with E-state index in [1.54, 1.807) is 19.0 Å². The van der Waals surface area contributed by atoms with Gasteiger partial charge in [-0.3, -0.25) is 4.79 Å². The fourth-order valence-corrected chi connectivity index (χ4v) is 4.03. The van der Waals surface area contributed by atoms with Gasteiger partial charge in [-0.05, 0) is 31.1 Å². The van der Waals surface area contributed by atoms with Gasteiger partial charge in [0.25, 0.3) is 0 Å². The maximum absolute atomic E-state index is 11.8. The van der Waals surface area contributed by atoms with E-state index in [0.29, 0.717) is 6.04 Å². The minimum absolute atomic E-state index is 0.0278. The van der Waals surface area contributed by atoms with Crippen LogP contribution in [0, 0.1) is 11.8 Å². The Balaban J connectivity index is 1.84. The molecule has 2 aliphatic carbocycles. The van der Waals surface area contributed by atoms with Crippen LogP contribution in [0.5, 0.6) is 0 Å². The summed E-state index contributed by atoms with van der Waals surface area (Å²) in [5, 5.41) is 6.94. The largest absolute Gasteiger partial charge is 0.356 e. The molecule has 130 valence electrons. The fraction of sp³-hybridized carbons (Fsp3) is 0.765. The van der Waals surface area contributed by atoms with Gasteiger partial charge in [-0.15, -0.1) is 6.58 Å². The molecule has 0 aromatic heterocycles. The van der Waals surface area contributed by atoms with E-state index in [4.69, 9.17) is 0 Å². The summed E-state index contributed by atoms with van der Waals surface area (Å²) in [4.78, 5) is 17.8. The zero-order valence-corrected chi connectivity index (χ0v) is 15.2. The summed E-state index contributed by atoms with van der Waals surface area (Å²) in [7, 11) is 3.53. The van der Waals surface area contributed by atoms with Crippen LogP contribution in [0.25, 0.3) is 0 Å². The van der Waals surface area contributed by atoms with Gasteiger partial charge in [0, 0.05) is 38.2 Å². The number of hydrogen-bond donors (Lipinski definition) is 2. The van der Waals surface area contributed by atoms with Crippen molar-refractivity contribution in [3.8, 4) is 0 Å². The second kappa shape index (κ2) is 9.21. The normalized spacial score (nSPS) is 26.2. The first kappa shape index (κ1) is 18.2. The molecular weight excluding hydrogens is 308 g/mol. The molecule has 0 heterocycles. The lowest BCUT2D eigenvalue weighted by molar-refractivity contribution is -0.127. The molecule has 3 atom stereocenters. The molecule has 3 unspecified atom stereocenters. The maximum atomic E-state index is 11.8. The van der Waals surface area contributed by atoms with E-state index < -0.39 is 0 Å². The Morgan fingerprint density at radius 3 is 2.83 bits per heavy atom. The highest BCUT2D eigenvalue weighted by Crippen LogP contribution is 2.44. The van der Waals surface area contributed by atoms with E-state index in [-0.39, 0.29) is 12.5 Å². The van der Waals surface area contributed by atoms with Crippen molar-refractivity contribution in [3.05, 3.63) is 12.7 Å². The Kier molecular flexibility index (Phi) is 7.27. The molecule has 2 rings (SSSR count). The average Bonchev–Trinajstić information content (AvgIpc) is 3.14. The van der Waals surface area contributed by atoms with Gasteiger partial charge in [0.2, 0.25) is 5.91 Å². The van der Waals surface area contributed by atoms with Crippen molar-refractivity contribution < 1.29 is 4.79 Å². The number of aliphatic imine (C=N–C) groups is 1. The molecule has 6 heteroatoms. The lowest BCUT2D eigenvalue weighted by Gasteiger charge is -2.25. The third-order valence-electron chi connectivity index (χ3n) is 4.71. The van der Waals surface area contributed by atoms with Gasteiger partial charge in [0.05, 0.1) is 0 Å². The number of nitrogens with one attached hydrogen (secondary N) is 2. The van der Waals surface area contributed by atoms with Gasteiger partial charge in [-0.2, -0.15) is 11.8 Å². The van der Waals surface area contributed by atoms with Gasteiger partial charge < -0.3 is 15.5 Å². The molecule has 1 amide bonds. The summed E-state index contributed by atoms with van der Waals surface area (Å²) in [5.41, 5.74) is 0. The summed E-state index contributed by atoms with van der Waals surface area (Å²) >= 11 is 1.84. The Labute approximate surface area is 144 Å². The summed E-state index contributed by atoms with van der Waals surface area (Å²) in [6, 6.07) is 0.523. The van der Waals surface area contributed by atoms with E-state index in [2.05, 4.69) is 22.2 Å². The van der Waals surface area contributed by atoms with Gasteiger partial charge in [0.1, 0.15) is 6.54 Å². The maximum Gasteiger partial charge on any atom is 0.243 e. The first-order valence-corrected chi connectivity index (χ1v) is 9.69. The van der Waals surface area contributed by atoms with Crippen LogP contribution in [-0.4, -0.2) is 61.5 Å². The summed E-state index contributed by atoms with van der Waals surface area (Å²) in [6.07, 6.45) is 7.25. The number of rotatable bonds is 8. The molecule has 0 aromatic rings. The number of amides is 1. The molecular formula is C17H30N4OS. The van der Waals surface area contributed by atoms with Crippen LogP contribution in [0.15, 0.2) is 17.6 Å². The second-order valence-electron chi connectivity index (χ2n) is 6.67. The molecule has 2 saturated carbocycles. The molecule has 2 fully saturated rings. The Bertz CT molecular complexity index is 438. The number of carbonyl (C=O) groups is 1. The van der Waals surface area contributed by atoms with E-state index in [1.807, 2.05) is 17.8 Å². The molecule has 0 aromatic carbocycles. The number of fused-ring (bicyclic) bond motifs is 2. The minimum Gasteiger partial charge on any atom is -0.356 e. The van der Waals surface area contributed by atoms with Gasteiger partial charge >= 0.3 is 0 Å². The first-order chi connectivity index (χ1) is 11.1. The van der Waals surface area contributed by atoms with Gasteiger partial charge in [0.15, 0.2) is 5.96 Å². The highest BCUT2D eigenvalue weighted by molar-refractivity contribution is 7.99. The van der Waals surface area contributed by atoms with E-state index in [9.17, 15) is 4.79 Å². The Hall–Kier alpha value is -1.17. The van der Waals surface area contributed by atoms with Crippen molar-refractivity contribution in [1.82, 2.24) is 15.5 Å². The summed E-state index contributed by atoms with van der Waals surface area (Å²) in [6.45, 7) is 4.78. The topological polar surface area (TPSA) is 56.7 Å². The van der Waals surface area contributed by atoms with Crippen LogP contribution >= 0.6 is 11.8 Å². The van der Waals surface area contributed by atoms with Crippen molar-refractivity contribution in [2.45, 2.75) is 31.7 Å². The van der Waals surface area contributed by atoms with Crippen LogP contribution in [0.1, 0.15) is 25.7 Å². The third-order valence-corrected chi connectivity index (χ3v) is 5.67. The van der Waals surface area contributed by atoms with E-state index >= 15 is 0 Å². The molecule has 0 aliphatic heterocycles. The van der Waals surface area contributed by atoms with Crippen molar-refractivity contribution in [1.29, 1.82) is 0 Å². The molecule has 2 bridgehead atoms. The molecule has 0 spiro atoms. The smallest absolute Gasteiger partial charge is 0.243 e. The van der Waals surface area contributed by atoms with Gasteiger partial charge in [-0.25, -0.2) is 4.99 Å². The van der Waals surface area contributed by atoms with Crippen LogP contribution < -0.4 is 10.6 Å². The van der Waals surface area contributed by atoms with Gasteiger partial charge in [-0.1, -0.05) is 12.5 Å². The molecule has 0 radical (unpaired) electrons. The SMILES string of the molecule is C=CCSCCNC(=NCC(=O)N(C)C)NC1CC2CCC1C2. The molecule has 0 saturated heterocycles. The molecule has 2 aliphatic rings. The van der Waals surface area contributed by atoms with Crippen molar-refractivity contribution in [3.63, 3.8) is 0 Å². The minimum atomic E-state index is 0.0278. The second-order valence-corrected chi connectivity index (χ2v) is 7.82. The molecule has 5 nitrogen and oxygen atoms in total. The quantitative estimate of drug-likeness (QED) is 0.306. The molecule has 23 heavy (non-hydrogen) atoms. The lowest BCUT2D eigenvalue weighted by Crippen LogP contribution is -2.46. The third kappa shape index (κ3) is 5.75. The summed E-state index contributed by atoms with van der Waals surface area (Å²) < 4.78 is 0. The Morgan fingerprint density at radius 2 is 2.22 bits per heavy atom. The van der Waals surface area contributed by atoms with Crippen LogP contribution in [0.2, 0.25) is 0 Å². The van der Waals surface area contributed by atoms with Crippen molar-refractivity contribution in [2.75, 3.05) is 38.7 Å². The Morgan fingerprint density at radius 1 is 1.39 bits per heavy atom. The first-order valence-electron chi connectivity index (χ1n) is 8.53. The van der Waals surface area contributed by atoms with E-state index in [1.165, 1.54) is 25.7 Å². The van der Waals surface area contributed by atoms with E-state index in [0.717, 1.165) is 35.8 Å². The number of nitrogens with zero attached hydrogens (tertiary/aromatic N) is 2. The van der Waals surface area contributed by atoms with Crippen LogP contribution in [-0.2, 0) is 4.79 Å². The van der Waals surface area contributed by atoms with Crippen LogP contribution in [0.4, 0.5) is 0 Å². The van der Waals surface area contributed by atoms with Crippen LogP contribution in [0.3, 0.4) is 0 Å². The summed E-state index contributed by atoms with van der Waals surface area (Å²) in [5.74, 6) is 4.46. The lowest BCUT2D eigenvalue weighted by atomic mass is 9.95. The zero-order valence-electron chi connectivity index (χ0n) is 14.4. The zero-order chi connectivity index (χ0) is 16.7. The highest BCUT2D eigenvalue weighted by atomic mass is 32.2. The molecule has 2 N–H and O–H groups in total.